The molecule has 1 saturated heterocycles. The second-order valence-corrected chi connectivity index (χ2v) is 8.04. The van der Waals surface area contributed by atoms with E-state index in [0.717, 1.165) is 25.0 Å². The summed E-state index contributed by atoms with van der Waals surface area (Å²) in [6.45, 7) is 1.13. The second-order valence-electron chi connectivity index (χ2n) is 7.60. The molecule has 3 heterocycles. The minimum atomic E-state index is -0.329. The quantitative estimate of drug-likeness (QED) is 0.453. The fraction of sp³-hybridized carbons (Fsp3) is 0.217. The van der Waals surface area contributed by atoms with Crippen molar-refractivity contribution >= 4 is 51.7 Å². The number of nitrogens with zero attached hydrogens (tertiary/aromatic N) is 4. The van der Waals surface area contributed by atoms with Gasteiger partial charge in [-0.1, -0.05) is 35.9 Å². The smallest absolute Gasteiger partial charge is 0.257 e. The summed E-state index contributed by atoms with van der Waals surface area (Å²) in [6.07, 6.45) is 3.55. The fourth-order valence-electron chi connectivity index (χ4n) is 3.80. The summed E-state index contributed by atoms with van der Waals surface area (Å²) in [7, 11) is 0. The van der Waals surface area contributed by atoms with Crippen molar-refractivity contribution in [1.29, 1.82) is 0 Å². The van der Waals surface area contributed by atoms with Gasteiger partial charge in [0.1, 0.15) is 16.9 Å². The lowest BCUT2D eigenvalue weighted by atomic mass is 10.2. The molecule has 0 spiro atoms. The van der Waals surface area contributed by atoms with E-state index in [1.165, 1.54) is 4.68 Å². The summed E-state index contributed by atoms with van der Waals surface area (Å²) in [5.74, 6) is -0.164. The van der Waals surface area contributed by atoms with Crippen LogP contribution in [0.25, 0.3) is 22.2 Å². The molecule has 8 nitrogen and oxygen atoms in total. The lowest BCUT2D eigenvalue weighted by molar-refractivity contribution is 0.0859. The van der Waals surface area contributed by atoms with Gasteiger partial charge in [-0.2, -0.15) is 9.78 Å². The molecule has 1 aliphatic heterocycles. The number of nitrogens with two attached hydrogens (primary N) is 1. The number of nitrogens with one attached hydrogen (secondary N) is 1. The van der Waals surface area contributed by atoms with E-state index in [9.17, 15) is 4.79 Å². The third kappa shape index (κ3) is 3.90. The molecule has 5 rings (SSSR count). The highest BCUT2D eigenvalue weighted by Gasteiger charge is 2.25. The summed E-state index contributed by atoms with van der Waals surface area (Å²) in [4.78, 5) is 22.5. The minimum Gasteiger partial charge on any atom is -0.383 e. The maximum Gasteiger partial charge on any atom is 0.257 e. The number of aromatic nitrogens is 3. The summed E-state index contributed by atoms with van der Waals surface area (Å²) in [5.41, 5.74) is 9.60. The third-order valence-corrected chi connectivity index (χ3v) is 5.62. The first-order valence-corrected chi connectivity index (χ1v) is 10.7. The Bertz CT molecular complexity index is 1340. The molecule has 1 atom stereocenters. The normalized spacial score (nSPS) is 16.3. The number of hydrogen-bond donors (Lipinski definition) is 2. The molecule has 9 heteroatoms. The van der Waals surface area contributed by atoms with E-state index in [1.54, 1.807) is 18.3 Å². The number of nitrogen functional groups attached to an aromatic ring is 1. The van der Waals surface area contributed by atoms with Crippen LogP contribution in [-0.2, 0) is 4.74 Å². The van der Waals surface area contributed by atoms with Crippen molar-refractivity contribution in [2.75, 3.05) is 18.9 Å². The van der Waals surface area contributed by atoms with E-state index < -0.39 is 0 Å². The molecule has 32 heavy (non-hydrogen) atoms. The van der Waals surface area contributed by atoms with Crippen molar-refractivity contribution in [3.63, 3.8) is 0 Å². The number of rotatable bonds is 5. The number of fused-ring (bicyclic) bond motifs is 2. The monoisotopic (exact) mass is 448 g/mol. The summed E-state index contributed by atoms with van der Waals surface area (Å²) < 4.78 is 7.04. The SMILES string of the molecule is Nc1c(C(=O)NCC2CCCO2)c2nc3ccccc3nc2n1/N=C/c1cccc(Cl)c1. The molecular weight excluding hydrogens is 428 g/mol. The van der Waals surface area contributed by atoms with Crippen LogP contribution in [0.1, 0.15) is 28.8 Å². The molecular formula is C23H21ClN6O2. The third-order valence-electron chi connectivity index (χ3n) is 5.39. The molecule has 0 radical (unpaired) electrons. The Kier molecular flexibility index (Phi) is 5.46. The van der Waals surface area contributed by atoms with Crippen molar-refractivity contribution in [1.82, 2.24) is 20.0 Å². The molecule has 2 aromatic carbocycles. The number of ether oxygens (including phenoxy) is 1. The average Bonchev–Trinajstić information content (AvgIpc) is 3.40. The van der Waals surface area contributed by atoms with Gasteiger partial charge in [-0.15, -0.1) is 0 Å². The fourth-order valence-corrected chi connectivity index (χ4v) is 4.00. The first-order valence-electron chi connectivity index (χ1n) is 10.4. The topological polar surface area (TPSA) is 107 Å². The molecule has 2 aromatic heterocycles. The second kappa shape index (κ2) is 8.57. The van der Waals surface area contributed by atoms with Gasteiger partial charge in [0.15, 0.2) is 5.65 Å². The van der Waals surface area contributed by atoms with E-state index in [1.807, 2.05) is 36.4 Å². The molecule has 1 unspecified atom stereocenters. The Morgan fingerprint density at radius 1 is 1.25 bits per heavy atom. The van der Waals surface area contributed by atoms with Gasteiger partial charge in [0.05, 0.1) is 23.4 Å². The van der Waals surface area contributed by atoms with Crippen molar-refractivity contribution in [3.05, 3.63) is 64.7 Å². The summed E-state index contributed by atoms with van der Waals surface area (Å²) >= 11 is 6.07. The van der Waals surface area contributed by atoms with Crippen molar-refractivity contribution in [3.8, 4) is 0 Å². The first-order chi connectivity index (χ1) is 15.6. The van der Waals surface area contributed by atoms with Gasteiger partial charge < -0.3 is 15.8 Å². The Hall–Kier alpha value is -3.49. The minimum absolute atomic E-state index is 0.0151. The lowest BCUT2D eigenvalue weighted by Gasteiger charge is -2.10. The standard InChI is InChI=1S/C23H21ClN6O2/c24-15-6-3-5-14(11-15)12-27-30-21(25)19(23(31)26-13-16-7-4-10-32-16)20-22(30)29-18-9-2-1-8-17(18)28-20/h1-3,5-6,8-9,11-12,16H,4,7,10,13,25H2,(H,26,31)/b27-12+. The zero-order valence-electron chi connectivity index (χ0n) is 17.2. The lowest BCUT2D eigenvalue weighted by Crippen LogP contribution is -2.32. The largest absolute Gasteiger partial charge is 0.383 e. The highest BCUT2D eigenvalue weighted by Crippen LogP contribution is 2.28. The van der Waals surface area contributed by atoms with Crippen LogP contribution in [0.15, 0.2) is 53.6 Å². The number of hydrogen-bond acceptors (Lipinski definition) is 6. The Labute approximate surface area is 189 Å². The van der Waals surface area contributed by atoms with Crippen LogP contribution in [0.5, 0.6) is 0 Å². The number of carbonyl (C=O) groups excluding carboxylic acids is 1. The number of carbonyl (C=O) groups is 1. The van der Waals surface area contributed by atoms with E-state index in [-0.39, 0.29) is 23.4 Å². The summed E-state index contributed by atoms with van der Waals surface area (Å²) in [5, 5.41) is 8.01. The van der Waals surface area contributed by atoms with Crippen LogP contribution in [0, 0.1) is 0 Å². The van der Waals surface area contributed by atoms with Gasteiger partial charge in [0.25, 0.3) is 5.91 Å². The van der Waals surface area contributed by atoms with E-state index in [4.69, 9.17) is 22.1 Å². The van der Waals surface area contributed by atoms with Gasteiger partial charge in [-0.25, -0.2) is 9.97 Å². The molecule has 162 valence electrons. The van der Waals surface area contributed by atoms with Crippen LogP contribution in [0.3, 0.4) is 0 Å². The molecule has 1 aliphatic rings. The van der Waals surface area contributed by atoms with Crippen molar-refractivity contribution in [2.45, 2.75) is 18.9 Å². The van der Waals surface area contributed by atoms with Crippen LogP contribution >= 0.6 is 11.6 Å². The first kappa shape index (κ1) is 20.4. The number of anilines is 1. The van der Waals surface area contributed by atoms with Gasteiger partial charge in [0, 0.05) is 18.2 Å². The Morgan fingerprint density at radius 3 is 2.81 bits per heavy atom. The molecule has 1 fully saturated rings. The van der Waals surface area contributed by atoms with E-state index in [2.05, 4.69) is 20.4 Å². The molecule has 0 aliphatic carbocycles. The molecule has 4 aromatic rings. The average molecular weight is 449 g/mol. The molecule has 0 saturated carbocycles. The van der Waals surface area contributed by atoms with Crippen molar-refractivity contribution in [2.24, 2.45) is 5.10 Å². The highest BCUT2D eigenvalue weighted by atomic mass is 35.5. The predicted molar refractivity (Wildman–Crippen MR) is 125 cm³/mol. The van der Waals surface area contributed by atoms with Gasteiger partial charge >= 0.3 is 0 Å². The Balaban J connectivity index is 1.59. The van der Waals surface area contributed by atoms with Crippen LogP contribution in [0.2, 0.25) is 5.02 Å². The van der Waals surface area contributed by atoms with E-state index >= 15 is 0 Å². The maximum absolute atomic E-state index is 13.1. The number of halogens is 1. The predicted octanol–water partition coefficient (Wildman–Crippen LogP) is 3.61. The number of benzene rings is 2. The van der Waals surface area contributed by atoms with Crippen LogP contribution < -0.4 is 11.1 Å². The number of para-hydroxylation sites is 2. The zero-order valence-corrected chi connectivity index (χ0v) is 17.9. The zero-order chi connectivity index (χ0) is 22.1. The van der Waals surface area contributed by atoms with E-state index in [0.29, 0.717) is 33.8 Å². The van der Waals surface area contributed by atoms with Gasteiger partial charge in [-0.3, -0.25) is 4.79 Å². The highest BCUT2D eigenvalue weighted by molar-refractivity contribution is 6.30. The molecule has 0 bridgehead atoms. The maximum atomic E-state index is 13.1. The number of amides is 1. The molecule has 3 N–H and O–H groups in total. The van der Waals surface area contributed by atoms with Crippen LogP contribution in [-0.4, -0.2) is 46.0 Å². The van der Waals surface area contributed by atoms with Gasteiger partial charge in [0.2, 0.25) is 0 Å². The Morgan fingerprint density at radius 2 is 2.06 bits per heavy atom. The van der Waals surface area contributed by atoms with Gasteiger partial charge in [-0.05, 0) is 42.7 Å². The van der Waals surface area contributed by atoms with Crippen LogP contribution in [0.4, 0.5) is 5.82 Å². The summed E-state index contributed by atoms with van der Waals surface area (Å²) in [6, 6.07) is 14.7. The molecule has 1 amide bonds. The van der Waals surface area contributed by atoms with Crippen molar-refractivity contribution < 1.29 is 9.53 Å².